The van der Waals surface area contributed by atoms with Crippen LogP contribution in [-0.2, 0) is 6.18 Å². The summed E-state index contributed by atoms with van der Waals surface area (Å²) in [6.45, 7) is 0. The standard InChI is InChI=1S/C8H5F6NO/c9-7(10,11)5-3-1-2-4-6(5)15(16)8(12,13)14/h1-4,16H. The van der Waals surface area contributed by atoms with E-state index in [2.05, 4.69) is 0 Å². The highest BCUT2D eigenvalue weighted by Gasteiger charge is 2.42. The second-order valence-corrected chi connectivity index (χ2v) is 2.79. The molecule has 16 heavy (non-hydrogen) atoms. The van der Waals surface area contributed by atoms with Crippen LogP contribution in [0.15, 0.2) is 24.3 Å². The van der Waals surface area contributed by atoms with Gasteiger partial charge in [-0.2, -0.15) is 18.2 Å². The van der Waals surface area contributed by atoms with Crippen LogP contribution in [0.5, 0.6) is 0 Å². The molecule has 0 atom stereocenters. The Kier molecular flexibility index (Phi) is 3.04. The number of hydrogen-bond acceptors (Lipinski definition) is 2. The number of anilines is 1. The summed E-state index contributed by atoms with van der Waals surface area (Å²) in [6, 6.07) is 2.86. The Bertz CT molecular complexity index is 372. The number of para-hydroxylation sites is 1. The minimum absolute atomic E-state index is 0.449. The Labute approximate surface area is 85.7 Å². The van der Waals surface area contributed by atoms with Gasteiger partial charge in [0.15, 0.2) is 0 Å². The molecule has 0 radical (unpaired) electrons. The van der Waals surface area contributed by atoms with Gasteiger partial charge in [-0.3, -0.25) is 5.21 Å². The minimum Gasteiger partial charge on any atom is -0.281 e. The summed E-state index contributed by atoms with van der Waals surface area (Å²) in [6.07, 6.45) is -10.3. The SMILES string of the molecule is ON(c1ccccc1C(F)(F)F)C(F)(F)F. The summed E-state index contributed by atoms with van der Waals surface area (Å²) in [5, 5.41) is 7.24. The first-order valence-electron chi connectivity index (χ1n) is 3.86. The lowest BCUT2D eigenvalue weighted by Crippen LogP contribution is -2.36. The molecule has 0 saturated carbocycles. The van der Waals surface area contributed by atoms with Gasteiger partial charge in [0.25, 0.3) is 0 Å². The molecule has 2 nitrogen and oxygen atoms in total. The van der Waals surface area contributed by atoms with Crippen LogP contribution in [0.1, 0.15) is 5.56 Å². The highest BCUT2D eigenvalue weighted by molar-refractivity contribution is 5.53. The van der Waals surface area contributed by atoms with E-state index in [0.717, 1.165) is 12.1 Å². The van der Waals surface area contributed by atoms with Crippen LogP contribution in [0.2, 0.25) is 0 Å². The van der Waals surface area contributed by atoms with E-state index in [4.69, 9.17) is 5.21 Å². The zero-order valence-electron chi connectivity index (χ0n) is 7.47. The van der Waals surface area contributed by atoms with Gasteiger partial charge in [-0.05, 0) is 12.1 Å². The Morgan fingerprint density at radius 2 is 1.44 bits per heavy atom. The summed E-state index contributed by atoms with van der Waals surface area (Å²) in [5.74, 6) is 0. The van der Waals surface area contributed by atoms with E-state index in [0.29, 0.717) is 12.1 Å². The van der Waals surface area contributed by atoms with Gasteiger partial charge < -0.3 is 0 Å². The second kappa shape index (κ2) is 3.85. The van der Waals surface area contributed by atoms with E-state index in [1.165, 1.54) is 0 Å². The lowest BCUT2D eigenvalue weighted by atomic mass is 10.1. The summed E-state index contributed by atoms with van der Waals surface area (Å²) >= 11 is 0. The van der Waals surface area contributed by atoms with Crippen molar-refractivity contribution in [2.75, 3.05) is 5.06 Å². The van der Waals surface area contributed by atoms with Crippen molar-refractivity contribution in [3.05, 3.63) is 29.8 Å². The summed E-state index contributed by atoms with van der Waals surface area (Å²) < 4.78 is 72.9. The molecule has 0 unspecified atom stereocenters. The van der Waals surface area contributed by atoms with Crippen molar-refractivity contribution in [1.82, 2.24) is 0 Å². The van der Waals surface area contributed by atoms with E-state index >= 15 is 0 Å². The molecule has 1 aromatic rings. The van der Waals surface area contributed by atoms with E-state index in [1.807, 2.05) is 0 Å². The Balaban J connectivity index is 3.25. The maximum absolute atomic E-state index is 12.3. The van der Waals surface area contributed by atoms with Gasteiger partial charge in [0.2, 0.25) is 0 Å². The van der Waals surface area contributed by atoms with Crippen molar-refractivity contribution in [2.24, 2.45) is 0 Å². The monoisotopic (exact) mass is 245 g/mol. The van der Waals surface area contributed by atoms with E-state index in [9.17, 15) is 26.3 Å². The number of benzene rings is 1. The molecule has 0 spiro atoms. The maximum Gasteiger partial charge on any atom is 0.508 e. The lowest BCUT2D eigenvalue weighted by Gasteiger charge is -2.22. The zero-order valence-corrected chi connectivity index (χ0v) is 7.47. The van der Waals surface area contributed by atoms with E-state index < -0.39 is 28.8 Å². The molecule has 1 rings (SSSR count). The van der Waals surface area contributed by atoms with Crippen molar-refractivity contribution in [1.29, 1.82) is 0 Å². The van der Waals surface area contributed by atoms with Crippen LogP contribution >= 0.6 is 0 Å². The van der Waals surface area contributed by atoms with Gasteiger partial charge >= 0.3 is 12.5 Å². The highest BCUT2D eigenvalue weighted by atomic mass is 19.4. The van der Waals surface area contributed by atoms with Crippen molar-refractivity contribution in [3.8, 4) is 0 Å². The Morgan fingerprint density at radius 1 is 0.938 bits per heavy atom. The third kappa shape index (κ3) is 2.57. The van der Waals surface area contributed by atoms with Crippen molar-refractivity contribution in [2.45, 2.75) is 12.5 Å². The van der Waals surface area contributed by atoms with Crippen LogP contribution in [0.4, 0.5) is 32.0 Å². The maximum atomic E-state index is 12.3. The molecule has 8 heteroatoms. The van der Waals surface area contributed by atoms with Gasteiger partial charge in [0.05, 0.1) is 11.3 Å². The molecule has 0 aliphatic rings. The summed E-state index contributed by atoms with van der Waals surface area (Å²) in [7, 11) is 0. The summed E-state index contributed by atoms with van der Waals surface area (Å²) in [4.78, 5) is 0. The van der Waals surface area contributed by atoms with Crippen molar-refractivity contribution in [3.63, 3.8) is 0 Å². The molecule has 1 N–H and O–H groups in total. The number of rotatable bonds is 1. The number of alkyl halides is 6. The third-order valence-electron chi connectivity index (χ3n) is 1.68. The molecule has 0 heterocycles. The molecule has 0 saturated heterocycles. The average molecular weight is 245 g/mol. The van der Waals surface area contributed by atoms with Crippen molar-refractivity contribution >= 4 is 5.69 Å². The van der Waals surface area contributed by atoms with Gasteiger partial charge in [0, 0.05) is 0 Å². The molecule has 0 aliphatic heterocycles. The molecule has 0 aliphatic carbocycles. The van der Waals surface area contributed by atoms with Gasteiger partial charge in [-0.1, -0.05) is 12.1 Å². The molecule has 90 valence electrons. The first-order chi connectivity index (χ1) is 7.14. The van der Waals surface area contributed by atoms with Crippen LogP contribution in [0.3, 0.4) is 0 Å². The molecule has 1 aromatic carbocycles. The zero-order chi connectivity index (χ0) is 12.6. The fourth-order valence-corrected chi connectivity index (χ4v) is 1.03. The van der Waals surface area contributed by atoms with E-state index in [1.54, 1.807) is 0 Å². The molecule has 0 amide bonds. The van der Waals surface area contributed by atoms with Crippen LogP contribution in [0.25, 0.3) is 0 Å². The smallest absolute Gasteiger partial charge is 0.281 e. The number of hydrogen-bond donors (Lipinski definition) is 1. The molecule has 0 fully saturated rings. The first-order valence-corrected chi connectivity index (χ1v) is 3.86. The second-order valence-electron chi connectivity index (χ2n) is 2.79. The fraction of sp³-hybridized carbons (Fsp3) is 0.250. The summed E-state index contributed by atoms with van der Waals surface area (Å²) in [5.41, 5.74) is -2.92. The Morgan fingerprint density at radius 3 is 1.88 bits per heavy atom. The van der Waals surface area contributed by atoms with Crippen LogP contribution in [0, 0.1) is 0 Å². The van der Waals surface area contributed by atoms with Gasteiger partial charge in [-0.15, -0.1) is 13.2 Å². The van der Waals surface area contributed by atoms with Crippen LogP contribution in [-0.4, -0.2) is 11.5 Å². The minimum atomic E-state index is -5.29. The number of nitrogens with zero attached hydrogens (tertiary/aromatic N) is 1. The molecular formula is C8H5F6NO. The number of hydroxylamine groups is 1. The van der Waals surface area contributed by atoms with Gasteiger partial charge in [0.1, 0.15) is 0 Å². The third-order valence-corrected chi connectivity index (χ3v) is 1.68. The largest absolute Gasteiger partial charge is 0.508 e. The Hall–Kier alpha value is -1.44. The predicted molar refractivity (Wildman–Crippen MR) is 41.8 cm³/mol. The number of halogens is 6. The lowest BCUT2D eigenvalue weighted by molar-refractivity contribution is -0.179. The first kappa shape index (κ1) is 12.6. The molecule has 0 bridgehead atoms. The molecule has 0 aromatic heterocycles. The average Bonchev–Trinajstić information content (AvgIpc) is 2.14. The van der Waals surface area contributed by atoms with Crippen LogP contribution < -0.4 is 5.06 Å². The fourth-order valence-electron chi connectivity index (χ4n) is 1.03. The quantitative estimate of drug-likeness (QED) is 0.465. The normalized spacial score (nSPS) is 12.7. The topological polar surface area (TPSA) is 23.5 Å². The van der Waals surface area contributed by atoms with Crippen molar-refractivity contribution < 1.29 is 31.5 Å². The predicted octanol–water partition coefficient (Wildman–Crippen LogP) is 3.42. The highest BCUT2D eigenvalue weighted by Crippen LogP contribution is 2.38. The van der Waals surface area contributed by atoms with E-state index in [-0.39, 0.29) is 0 Å². The molecular weight excluding hydrogens is 240 g/mol. The van der Waals surface area contributed by atoms with Gasteiger partial charge in [-0.25, -0.2) is 0 Å².